The Bertz CT molecular complexity index is 428. The van der Waals surface area contributed by atoms with E-state index in [-0.39, 0.29) is 24.0 Å². The Balaban J connectivity index is 0.00000324. The summed E-state index contributed by atoms with van der Waals surface area (Å²) in [6, 6.07) is 4.13. The molecule has 0 bridgehead atoms. The zero-order valence-corrected chi connectivity index (χ0v) is 14.8. The van der Waals surface area contributed by atoms with Gasteiger partial charge in [0.1, 0.15) is 0 Å². The highest BCUT2D eigenvalue weighted by molar-refractivity contribution is 14.0. The highest BCUT2D eigenvalue weighted by atomic mass is 127. The van der Waals surface area contributed by atoms with E-state index in [4.69, 9.17) is 11.6 Å². The number of aryl methyl sites for hydroxylation is 1. The molecule has 0 saturated carbocycles. The summed E-state index contributed by atoms with van der Waals surface area (Å²) in [6.45, 7) is 7.74. The average Bonchev–Trinajstić information content (AvgIpc) is 2.70. The number of guanidine groups is 1. The molecule has 19 heavy (non-hydrogen) atoms. The van der Waals surface area contributed by atoms with Gasteiger partial charge in [-0.2, -0.15) is 0 Å². The first-order valence-corrected chi connectivity index (χ1v) is 6.35. The van der Waals surface area contributed by atoms with Crippen LogP contribution in [0, 0.1) is 0 Å². The van der Waals surface area contributed by atoms with E-state index in [0.717, 1.165) is 19.0 Å². The Morgan fingerprint density at radius 2 is 2.26 bits per heavy atom. The van der Waals surface area contributed by atoms with Crippen molar-refractivity contribution >= 4 is 41.5 Å². The van der Waals surface area contributed by atoms with Crippen molar-refractivity contribution in [1.29, 1.82) is 0 Å². The van der Waals surface area contributed by atoms with Crippen LogP contribution in [0.15, 0.2) is 34.9 Å². The fourth-order valence-corrected chi connectivity index (χ4v) is 1.67. The Kier molecular flexibility index (Phi) is 8.92. The molecular weight excluding hydrogens is 375 g/mol. The highest BCUT2D eigenvalue weighted by Crippen LogP contribution is 2.04. The predicted octanol–water partition coefficient (Wildman–Crippen LogP) is 2.79. The van der Waals surface area contributed by atoms with Gasteiger partial charge in [0.05, 0.1) is 13.1 Å². The van der Waals surface area contributed by atoms with Gasteiger partial charge in [-0.15, -0.1) is 24.0 Å². The van der Waals surface area contributed by atoms with Crippen LogP contribution in [0.4, 0.5) is 0 Å². The summed E-state index contributed by atoms with van der Waals surface area (Å²) in [5, 5.41) is 3.78. The van der Waals surface area contributed by atoms with E-state index >= 15 is 0 Å². The van der Waals surface area contributed by atoms with Crippen LogP contribution < -0.4 is 5.32 Å². The van der Waals surface area contributed by atoms with Crippen molar-refractivity contribution in [3.63, 3.8) is 0 Å². The normalized spacial score (nSPS) is 10.8. The number of hydrogen-bond acceptors (Lipinski definition) is 1. The average molecular weight is 397 g/mol. The number of aromatic nitrogens is 1. The molecule has 0 aliphatic rings. The minimum absolute atomic E-state index is 0. The van der Waals surface area contributed by atoms with Crippen LogP contribution >= 0.6 is 35.6 Å². The summed E-state index contributed by atoms with van der Waals surface area (Å²) >= 11 is 5.74. The first kappa shape index (κ1) is 18.3. The molecular formula is C13H22ClIN4. The Morgan fingerprint density at radius 3 is 2.74 bits per heavy atom. The van der Waals surface area contributed by atoms with Gasteiger partial charge in [0.15, 0.2) is 5.96 Å². The van der Waals surface area contributed by atoms with E-state index in [9.17, 15) is 0 Å². The van der Waals surface area contributed by atoms with E-state index in [0.29, 0.717) is 11.6 Å². The van der Waals surface area contributed by atoms with E-state index in [2.05, 4.69) is 32.4 Å². The third kappa shape index (κ3) is 6.33. The third-order valence-corrected chi connectivity index (χ3v) is 2.67. The predicted molar refractivity (Wildman–Crippen MR) is 93.3 cm³/mol. The van der Waals surface area contributed by atoms with Crippen molar-refractivity contribution in [1.82, 2.24) is 14.8 Å². The first-order valence-electron chi connectivity index (χ1n) is 5.97. The molecule has 1 heterocycles. The van der Waals surface area contributed by atoms with E-state index in [1.54, 1.807) is 0 Å². The molecule has 0 aliphatic carbocycles. The summed E-state index contributed by atoms with van der Waals surface area (Å²) < 4.78 is 2.10. The van der Waals surface area contributed by atoms with Crippen molar-refractivity contribution < 1.29 is 0 Å². The lowest BCUT2D eigenvalue weighted by Gasteiger charge is -2.22. The fourth-order valence-electron chi connectivity index (χ4n) is 1.61. The number of halogens is 2. The van der Waals surface area contributed by atoms with Crippen LogP contribution in [0.1, 0.15) is 12.6 Å². The number of nitrogens with zero attached hydrogens (tertiary/aromatic N) is 3. The molecule has 0 fully saturated rings. The smallest absolute Gasteiger partial charge is 0.194 e. The van der Waals surface area contributed by atoms with Crippen LogP contribution in [0.25, 0.3) is 0 Å². The van der Waals surface area contributed by atoms with Gasteiger partial charge >= 0.3 is 0 Å². The maximum atomic E-state index is 5.74. The van der Waals surface area contributed by atoms with Crippen LogP contribution in [-0.4, -0.2) is 35.6 Å². The lowest BCUT2D eigenvalue weighted by molar-refractivity contribution is 0.463. The van der Waals surface area contributed by atoms with Gasteiger partial charge in [0.2, 0.25) is 0 Å². The minimum atomic E-state index is 0. The van der Waals surface area contributed by atoms with Gasteiger partial charge in [-0.1, -0.05) is 18.2 Å². The highest BCUT2D eigenvalue weighted by Gasteiger charge is 2.07. The minimum Gasteiger partial charge on any atom is -0.357 e. The molecule has 0 atom stereocenters. The standard InChI is InChI=1S/C13H21ClN4.HI/c1-5-15-13(16-9-11(2)14)18(4)10-12-7-6-8-17(12)3;/h6-8H,2,5,9-10H2,1,3-4H3,(H,15,16);1H. The van der Waals surface area contributed by atoms with Crippen molar-refractivity contribution in [3.05, 3.63) is 35.6 Å². The van der Waals surface area contributed by atoms with Crippen molar-refractivity contribution in [2.75, 3.05) is 20.1 Å². The third-order valence-electron chi connectivity index (χ3n) is 2.55. The summed E-state index contributed by atoms with van der Waals surface area (Å²) in [6.07, 6.45) is 2.04. The Hall–Kier alpha value is -0.690. The molecule has 1 aromatic rings. The van der Waals surface area contributed by atoms with E-state index < -0.39 is 0 Å². The molecule has 0 unspecified atom stereocenters. The summed E-state index contributed by atoms with van der Waals surface area (Å²) in [7, 11) is 4.04. The number of aliphatic imine (C=N–C) groups is 1. The molecule has 0 spiro atoms. The molecule has 1 aromatic heterocycles. The molecule has 6 heteroatoms. The quantitative estimate of drug-likeness (QED) is 0.472. The zero-order chi connectivity index (χ0) is 13.5. The zero-order valence-electron chi connectivity index (χ0n) is 11.7. The van der Waals surface area contributed by atoms with Crippen LogP contribution in [0.2, 0.25) is 0 Å². The van der Waals surface area contributed by atoms with Crippen LogP contribution in [0.3, 0.4) is 0 Å². The lowest BCUT2D eigenvalue weighted by atomic mass is 10.4. The molecule has 1 rings (SSSR count). The van der Waals surface area contributed by atoms with Gasteiger partial charge in [0, 0.05) is 37.6 Å². The maximum absolute atomic E-state index is 5.74. The van der Waals surface area contributed by atoms with Crippen molar-refractivity contribution in [3.8, 4) is 0 Å². The Morgan fingerprint density at radius 1 is 1.58 bits per heavy atom. The van der Waals surface area contributed by atoms with Gasteiger partial charge in [-0.05, 0) is 19.1 Å². The second kappa shape index (κ2) is 9.25. The molecule has 0 radical (unpaired) electrons. The molecule has 4 nitrogen and oxygen atoms in total. The molecule has 0 saturated heterocycles. The summed E-state index contributed by atoms with van der Waals surface area (Å²) in [5.41, 5.74) is 1.23. The van der Waals surface area contributed by atoms with Gasteiger partial charge < -0.3 is 14.8 Å². The topological polar surface area (TPSA) is 32.6 Å². The molecule has 0 aliphatic heterocycles. The maximum Gasteiger partial charge on any atom is 0.194 e. The Labute approximate surface area is 137 Å². The van der Waals surface area contributed by atoms with Crippen LogP contribution in [0.5, 0.6) is 0 Å². The molecule has 0 amide bonds. The SMILES string of the molecule is C=C(Cl)CN=C(NCC)N(C)Cc1cccn1C.I. The first-order chi connectivity index (χ1) is 8.54. The lowest BCUT2D eigenvalue weighted by Crippen LogP contribution is -2.38. The molecule has 0 aromatic carbocycles. The van der Waals surface area contributed by atoms with Gasteiger partial charge in [0.25, 0.3) is 0 Å². The monoisotopic (exact) mass is 396 g/mol. The van der Waals surface area contributed by atoms with Gasteiger partial charge in [-0.3, -0.25) is 0 Å². The number of rotatable bonds is 5. The second-order valence-corrected chi connectivity index (χ2v) is 4.69. The summed E-state index contributed by atoms with van der Waals surface area (Å²) in [5.74, 6) is 0.834. The number of nitrogens with one attached hydrogen (secondary N) is 1. The van der Waals surface area contributed by atoms with E-state index in [1.807, 2.05) is 33.3 Å². The largest absolute Gasteiger partial charge is 0.357 e. The second-order valence-electron chi connectivity index (χ2n) is 4.15. The molecule has 1 N–H and O–H groups in total. The fraction of sp³-hybridized carbons (Fsp3) is 0.462. The van der Waals surface area contributed by atoms with Crippen LogP contribution in [-0.2, 0) is 13.6 Å². The number of hydrogen-bond donors (Lipinski definition) is 1. The van der Waals surface area contributed by atoms with Gasteiger partial charge in [-0.25, -0.2) is 4.99 Å². The molecule has 108 valence electrons. The van der Waals surface area contributed by atoms with E-state index in [1.165, 1.54) is 5.69 Å². The van der Waals surface area contributed by atoms with Crippen molar-refractivity contribution in [2.24, 2.45) is 12.0 Å². The van der Waals surface area contributed by atoms with Crippen molar-refractivity contribution in [2.45, 2.75) is 13.5 Å². The summed E-state index contributed by atoms with van der Waals surface area (Å²) in [4.78, 5) is 6.48.